The zero-order chi connectivity index (χ0) is 29.0. The van der Waals surface area contributed by atoms with Crippen LogP contribution in [0.3, 0.4) is 0 Å². The van der Waals surface area contributed by atoms with E-state index in [1.807, 2.05) is 98.8 Å². The Morgan fingerprint density at radius 3 is 1.60 bits per heavy atom. The average Bonchev–Trinajstić information content (AvgIpc) is 2.92. The number of amides is 2. The number of esters is 1. The molecule has 0 aliphatic carbocycles. The summed E-state index contributed by atoms with van der Waals surface area (Å²) in [5, 5.41) is 4.15. The van der Waals surface area contributed by atoms with E-state index in [0.717, 1.165) is 32.7 Å². The smallest absolute Gasteiger partial charge is 0.326 e. The van der Waals surface area contributed by atoms with Crippen LogP contribution in [0.15, 0.2) is 84.9 Å². The quantitative estimate of drug-likeness (QED) is 0.231. The normalized spacial score (nSPS) is 13.1. The highest BCUT2D eigenvalue weighted by Gasteiger charge is 2.31. The van der Waals surface area contributed by atoms with Crippen LogP contribution in [0.5, 0.6) is 0 Å². The van der Waals surface area contributed by atoms with Gasteiger partial charge in [0.25, 0.3) is 0 Å². The summed E-state index contributed by atoms with van der Waals surface area (Å²) in [6, 6.07) is 27.1. The van der Waals surface area contributed by atoms with Crippen molar-refractivity contribution in [1.82, 2.24) is 9.80 Å². The summed E-state index contributed by atoms with van der Waals surface area (Å²) in [4.78, 5) is 43.1. The maximum absolute atomic E-state index is 14.0. The number of hydrogen-bond acceptors (Lipinski definition) is 4. The highest BCUT2D eigenvalue weighted by atomic mass is 16.6. The van der Waals surface area contributed by atoms with Crippen molar-refractivity contribution in [2.45, 2.75) is 59.2 Å². The van der Waals surface area contributed by atoms with Crippen LogP contribution in [0.2, 0.25) is 0 Å². The van der Waals surface area contributed by atoms with E-state index in [1.54, 1.807) is 25.7 Å². The fourth-order valence-corrected chi connectivity index (χ4v) is 5.28. The second kappa shape index (κ2) is 11.9. The van der Waals surface area contributed by atoms with Gasteiger partial charge < -0.3 is 14.5 Å². The SMILES string of the molecule is CC(=O)N(CC(=O)N(CC(=O)OC(C)(C)C)[C@@H](C)c1cccc2ccccc12)[C@H](C)c1cccc2ccccc12. The Morgan fingerprint density at radius 2 is 1.12 bits per heavy atom. The average molecular weight is 539 g/mol. The molecule has 0 spiro atoms. The van der Waals surface area contributed by atoms with Crippen LogP contribution in [0, 0.1) is 0 Å². The standard InChI is InChI=1S/C34H38N2O4/c1-23(28-19-11-15-26-13-7-9-17-30(26)28)35(25(3)37)21-32(38)36(22-33(39)40-34(4,5)6)24(2)29-20-12-16-27-14-8-10-18-31(27)29/h7-20,23-24H,21-22H2,1-6H3/t23-,24+/m1/s1. The molecule has 0 aromatic heterocycles. The molecule has 0 radical (unpaired) electrons. The van der Waals surface area contributed by atoms with Crippen LogP contribution in [-0.2, 0) is 19.1 Å². The zero-order valence-electron chi connectivity index (χ0n) is 24.2. The van der Waals surface area contributed by atoms with Gasteiger partial charge in [-0.05, 0) is 67.3 Å². The molecule has 0 N–H and O–H groups in total. The number of rotatable bonds is 8. The topological polar surface area (TPSA) is 66.9 Å². The Bertz CT molecular complexity index is 1530. The van der Waals surface area contributed by atoms with Crippen LogP contribution in [0.1, 0.15) is 64.8 Å². The molecule has 208 valence electrons. The summed E-state index contributed by atoms with van der Waals surface area (Å²) >= 11 is 0. The third kappa shape index (κ3) is 6.50. The number of carbonyl (C=O) groups excluding carboxylic acids is 3. The minimum atomic E-state index is -0.692. The fourth-order valence-electron chi connectivity index (χ4n) is 5.28. The first-order valence-electron chi connectivity index (χ1n) is 13.7. The van der Waals surface area contributed by atoms with Crippen molar-refractivity contribution in [2.75, 3.05) is 13.1 Å². The molecule has 0 bridgehead atoms. The maximum Gasteiger partial charge on any atom is 0.326 e. The lowest BCUT2D eigenvalue weighted by Crippen LogP contribution is -2.46. The summed E-state index contributed by atoms with van der Waals surface area (Å²) in [5.74, 6) is -1.04. The van der Waals surface area contributed by atoms with Gasteiger partial charge in [-0.15, -0.1) is 0 Å². The van der Waals surface area contributed by atoms with Gasteiger partial charge >= 0.3 is 5.97 Å². The first kappa shape index (κ1) is 28.8. The van der Waals surface area contributed by atoms with Crippen molar-refractivity contribution in [1.29, 1.82) is 0 Å². The molecule has 0 unspecified atom stereocenters. The van der Waals surface area contributed by atoms with E-state index in [-0.39, 0.29) is 30.9 Å². The molecule has 0 fully saturated rings. The van der Waals surface area contributed by atoms with Crippen LogP contribution in [0.4, 0.5) is 0 Å². The van der Waals surface area contributed by atoms with Crippen molar-refractivity contribution in [3.8, 4) is 0 Å². The van der Waals surface area contributed by atoms with Crippen LogP contribution in [0.25, 0.3) is 21.5 Å². The van der Waals surface area contributed by atoms with Gasteiger partial charge in [-0.25, -0.2) is 0 Å². The molecular formula is C34H38N2O4. The van der Waals surface area contributed by atoms with Gasteiger partial charge in [-0.1, -0.05) is 84.9 Å². The van der Waals surface area contributed by atoms with Crippen LogP contribution < -0.4 is 0 Å². The molecule has 0 aliphatic heterocycles. The second-order valence-corrected chi connectivity index (χ2v) is 11.2. The summed E-state index contributed by atoms with van der Waals surface area (Å²) < 4.78 is 5.60. The number of ether oxygens (including phenoxy) is 1. The largest absolute Gasteiger partial charge is 0.459 e. The highest BCUT2D eigenvalue weighted by molar-refractivity contribution is 5.91. The molecule has 2 atom stereocenters. The third-order valence-corrected chi connectivity index (χ3v) is 7.23. The van der Waals surface area contributed by atoms with E-state index in [0.29, 0.717) is 0 Å². The van der Waals surface area contributed by atoms with Crippen molar-refractivity contribution < 1.29 is 19.1 Å². The Labute approximate surface area is 236 Å². The van der Waals surface area contributed by atoms with Crippen molar-refractivity contribution in [3.63, 3.8) is 0 Å². The Balaban J connectivity index is 1.68. The predicted octanol–water partition coefficient (Wildman–Crippen LogP) is 6.83. The summed E-state index contributed by atoms with van der Waals surface area (Å²) in [6.07, 6.45) is 0. The zero-order valence-corrected chi connectivity index (χ0v) is 24.2. The third-order valence-electron chi connectivity index (χ3n) is 7.23. The molecule has 4 rings (SSSR count). The Morgan fingerprint density at radius 1 is 0.675 bits per heavy atom. The van der Waals surface area contributed by atoms with Gasteiger partial charge in [0, 0.05) is 6.92 Å². The lowest BCUT2D eigenvalue weighted by molar-refractivity contribution is -0.160. The van der Waals surface area contributed by atoms with Gasteiger partial charge in [-0.3, -0.25) is 14.4 Å². The number of nitrogens with zero attached hydrogens (tertiary/aromatic N) is 2. The summed E-state index contributed by atoms with van der Waals surface area (Å²) in [7, 11) is 0. The molecule has 4 aromatic rings. The Hall–Kier alpha value is -4.19. The van der Waals surface area contributed by atoms with Crippen LogP contribution in [-0.4, -0.2) is 46.3 Å². The molecule has 4 aromatic carbocycles. The van der Waals surface area contributed by atoms with E-state index in [4.69, 9.17) is 4.74 Å². The van der Waals surface area contributed by atoms with Gasteiger partial charge in [-0.2, -0.15) is 0 Å². The predicted molar refractivity (Wildman–Crippen MR) is 160 cm³/mol. The second-order valence-electron chi connectivity index (χ2n) is 11.2. The summed E-state index contributed by atoms with van der Waals surface area (Å²) in [6.45, 7) is 10.3. The minimum Gasteiger partial charge on any atom is -0.459 e. The maximum atomic E-state index is 14.0. The van der Waals surface area contributed by atoms with Crippen molar-refractivity contribution in [2.24, 2.45) is 0 Å². The highest BCUT2D eigenvalue weighted by Crippen LogP contribution is 2.31. The lowest BCUT2D eigenvalue weighted by atomic mass is 9.98. The van der Waals surface area contributed by atoms with E-state index < -0.39 is 17.6 Å². The molecule has 6 heteroatoms. The number of carbonyl (C=O) groups is 3. The van der Waals surface area contributed by atoms with Gasteiger partial charge in [0.2, 0.25) is 11.8 Å². The van der Waals surface area contributed by atoms with Crippen LogP contribution >= 0.6 is 0 Å². The fraction of sp³-hybridized carbons (Fsp3) is 0.324. The molecule has 0 saturated carbocycles. The molecule has 0 heterocycles. The van der Waals surface area contributed by atoms with Gasteiger partial charge in [0.15, 0.2) is 0 Å². The molecule has 2 amide bonds. The van der Waals surface area contributed by atoms with E-state index in [9.17, 15) is 14.4 Å². The van der Waals surface area contributed by atoms with Crippen molar-refractivity contribution in [3.05, 3.63) is 96.1 Å². The van der Waals surface area contributed by atoms with Gasteiger partial charge in [0.05, 0.1) is 12.1 Å². The molecular weight excluding hydrogens is 500 g/mol. The van der Waals surface area contributed by atoms with Crippen molar-refractivity contribution >= 4 is 39.3 Å². The van der Waals surface area contributed by atoms with Gasteiger partial charge in [0.1, 0.15) is 18.7 Å². The minimum absolute atomic E-state index is 0.169. The first-order valence-corrected chi connectivity index (χ1v) is 13.7. The molecule has 0 aliphatic rings. The number of fused-ring (bicyclic) bond motifs is 2. The Kier molecular flexibility index (Phi) is 8.58. The molecule has 0 saturated heterocycles. The lowest BCUT2D eigenvalue weighted by Gasteiger charge is -2.35. The van der Waals surface area contributed by atoms with E-state index in [1.165, 1.54) is 11.8 Å². The first-order chi connectivity index (χ1) is 19.0. The monoisotopic (exact) mass is 538 g/mol. The number of benzene rings is 4. The molecule has 40 heavy (non-hydrogen) atoms. The number of hydrogen-bond donors (Lipinski definition) is 0. The summed E-state index contributed by atoms with van der Waals surface area (Å²) in [5.41, 5.74) is 1.19. The van der Waals surface area contributed by atoms with E-state index >= 15 is 0 Å². The molecule has 6 nitrogen and oxygen atoms in total. The van der Waals surface area contributed by atoms with E-state index in [2.05, 4.69) is 0 Å².